The van der Waals surface area contributed by atoms with E-state index < -0.39 is 0 Å². The average molecular weight is 794 g/mol. The Hall–Kier alpha value is -4.62. The zero-order valence-electron chi connectivity index (χ0n) is 37.5. The molecule has 0 fully saturated rings. The quantitative estimate of drug-likeness (QED) is 0.0619. The Morgan fingerprint density at radius 3 is 1.35 bits per heavy atom. The Morgan fingerprint density at radius 1 is 0.350 bits per heavy atom. The molecule has 8 rings (SSSR count). The molecule has 0 spiro atoms. The highest BCUT2D eigenvalue weighted by Crippen LogP contribution is 2.63. The molecule has 0 heterocycles. The van der Waals surface area contributed by atoms with E-state index >= 15 is 0 Å². The summed E-state index contributed by atoms with van der Waals surface area (Å²) in [6, 6.07) is 49.5. The van der Waals surface area contributed by atoms with Crippen LogP contribution in [0.4, 0.5) is 17.1 Å². The minimum absolute atomic E-state index is 0.0530. The van der Waals surface area contributed by atoms with Gasteiger partial charge in [-0.2, -0.15) is 0 Å². The Labute approximate surface area is 363 Å². The molecule has 2 aliphatic carbocycles. The number of anilines is 3. The van der Waals surface area contributed by atoms with Gasteiger partial charge in [0.15, 0.2) is 0 Å². The third-order valence-corrected chi connectivity index (χ3v) is 14.6. The van der Waals surface area contributed by atoms with Crippen molar-refractivity contribution in [3.8, 4) is 22.3 Å². The lowest BCUT2D eigenvalue weighted by Gasteiger charge is -2.35. The van der Waals surface area contributed by atoms with Gasteiger partial charge >= 0.3 is 0 Å². The van der Waals surface area contributed by atoms with Crippen LogP contribution in [0.15, 0.2) is 127 Å². The highest BCUT2D eigenvalue weighted by Gasteiger charge is 2.48. The van der Waals surface area contributed by atoms with E-state index in [0.29, 0.717) is 0 Å². The van der Waals surface area contributed by atoms with Crippen molar-refractivity contribution in [2.75, 3.05) is 4.90 Å². The van der Waals surface area contributed by atoms with E-state index in [9.17, 15) is 0 Å². The van der Waals surface area contributed by atoms with Crippen molar-refractivity contribution < 1.29 is 0 Å². The average Bonchev–Trinajstić information content (AvgIpc) is 3.71. The number of rotatable bonds is 22. The summed E-state index contributed by atoms with van der Waals surface area (Å²) in [5.41, 5.74) is 16.2. The van der Waals surface area contributed by atoms with Crippen LogP contribution in [0.3, 0.4) is 0 Å². The SMILES string of the molecule is CCCCCCC1(CCCCC)c2ccccc2-c2cc3c(cc21)-c1c(cc(N(c2ccccc2)c2ccccc2)c2ccccc12)C3(CCCCCC)CCCCCC. The van der Waals surface area contributed by atoms with Crippen LogP contribution in [0.5, 0.6) is 0 Å². The van der Waals surface area contributed by atoms with Gasteiger partial charge < -0.3 is 4.90 Å². The van der Waals surface area contributed by atoms with Crippen molar-refractivity contribution in [2.24, 2.45) is 0 Å². The van der Waals surface area contributed by atoms with Crippen molar-refractivity contribution >= 4 is 27.8 Å². The molecule has 6 aromatic carbocycles. The zero-order chi connectivity index (χ0) is 41.4. The molecule has 2 aliphatic rings. The van der Waals surface area contributed by atoms with Crippen molar-refractivity contribution in [3.05, 3.63) is 150 Å². The van der Waals surface area contributed by atoms with Gasteiger partial charge in [0.1, 0.15) is 0 Å². The van der Waals surface area contributed by atoms with Crippen LogP contribution in [0.25, 0.3) is 33.0 Å². The van der Waals surface area contributed by atoms with E-state index in [-0.39, 0.29) is 10.8 Å². The molecule has 0 amide bonds. The maximum absolute atomic E-state index is 2.80. The number of benzene rings is 6. The molecule has 0 bridgehead atoms. The predicted octanol–water partition coefficient (Wildman–Crippen LogP) is 18.3. The second-order valence-corrected chi connectivity index (χ2v) is 18.4. The Bertz CT molecular complexity index is 2270. The van der Waals surface area contributed by atoms with E-state index in [1.807, 2.05) is 0 Å². The van der Waals surface area contributed by atoms with E-state index in [2.05, 4.69) is 160 Å². The summed E-state index contributed by atoms with van der Waals surface area (Å²) in [6.07, 6.45) is 24.2. The van der Waals surface area contributed by atoms with Gasteiger partial charge in [0.25, 0.3) is 0 Å². The van der Waals surface area contributed by atoms with E-state index in [1.165, 1.54) is 172 Å². The number of nitrogens with zero attached hydrogens (tertiary/aromatic N) is 1. The lowest BCUT2D eigenvalue weighted by molar-refractivity contribution is 0.398. The molecule has 60 heavy (non-hydrogen) atoms. The topological polar surface area (TPSA) is 3.24 Å². The van der Waals surface area contributed by atoms with Gasteiger partial charge in [-0.3, -0.25) is 0 Å². The summed E-state index contributed by atoms with van der Waals surface area (Å²) in [6.45, 7) is 9.43. The molecule has 6 aromatic rings. The summed E-state index contributed by atoms with van der Waals surface area (Å²) >= 11 is 0. The predicted molar refractivity (Wildman–Crippen MR) is 261 cm³/mol. The first-order chi connectivity index (χ1) is 29.6. The molecule has 1 unspecified atom stereocenters. The minimum Gasteiger partial charge on any atom is -0.310 e. The third kappa shape index (κ3) is 7.87. The number of hydrogen-bond donors (Lipinski definition) is 0. The Morgan fingerprint density at radius 2 is 0.783 bits per heavy atom. The fourth-order valence-electron chi connectivity index (χ4n) is 11.6. The number of hydrogen-bond acceptors (Lipinski definition) is 1. The lowest BCUT2D eigenvalue weighted by atomic mass is 9.68. The zero-order valence-corrected chi connectivity index (χ0v) is 37.5. The first-order valence-electron chi connectivity index (χ1n) is 24.4. The Balaban J connectivity index is 1.43. The highest BCUT2D eigenvalue weighted by molar-refractivity contribution is 6.10. The molecule has 1 nitrogen and oxygen atoms in total. The van der Waals surface area contributed by atoms with Crippen LogP contribution in [0.1, 0.15) is 172 Å². The van der Waals surface area contributed by atoms with Gasteiger partial charge in [-0.1, -0.05) is 209 Å². The van der Waals surface area contributed by atoms with E-state index in [0.717, 1.165) is 0 Å². The number of unbranched alkanes of at least 4 members (excludes halogenated alkanes) is 11. The lowest BCUT2D eigenvalue weighted by Crippen LogP contribution is -2.27. The molecule has 0 saturated carbocycles. The van der Waals surface area contributed by atoms with Gasteiger partial charge in [-0.05, 0) is 118 Å². The Kier molecular flexibility index (Phi) is 13.6. The largest absolute Gasteiger partial charge is 0.310 e. The summed E-state index contributed by atoms with van der Waals surface area (Å²) in [7, 11) is 0. The molecule has 312 valence electrons. The van der Waals surface area contributed by atoms with Gasteiger partial charge in [-0.15, -0.1) is 0 Å². The van der Waals surface area contributed by atoms with Gasteiger partial charge in [0.05, 0.1) is 5.69 Å². The molecule has 0 aromatic heterocycles. The van der Waals surface area contributed by atoms with Crippen LogP contribution in [0.2, 0.25) is 0 Å². The molecule has 0 radical (unpaired) electrons. The second kappa shape index (κ2) is 19.4. The number of fused-ring (bicyclic) bond motifs is 8. The minimum atomic E-state index is -0.0530. The van der Waals surface area contributed by atoms with Crippen molar-refractivity contribution in [1.29, 1.82) is 0 Å². The summed E-state index contributed by atoms with van der Waals surface area (Å²) in [4.78, 5) is 2.54. The van der Waals surface area contributed by atoms with Crippen LogP contribution < -0.4 is 4.90 Å². The fraction of sp³-hybridized carbons (Fsp3) is 0.424. The molecule has 1 heteroatoms. The summed E-state index contributed by atoms with van der Waals surface area (Å²) < 4.78 is 0. The maximum atomic E-state index is 2.80. The first kappa shape index (κ1) is 42.1. The van der Waals surface area contributed by atoms with Gasteiger partial charge in [0, 0.05) is 27.6 Å². The second-order valence-electron chi connectivity index (χ2n) is 18.4. The van der Waals surface area contributed by atoms with Crippen LogP contribution in [-0.4, -0.2) is 0 Å². The van der Waals surface area contributed by atoms with Crippen LogP contribution in [-0.2, 0) is 10.8 Å². The van der Waals surface area contributed by atoms with E-state index in [4.69, 9.17) is 0 Å². The smallest absolute Gasteiger partial charge is 0.0543 e. The van der Waals surface area contributed by atoms with Gasteiger partial charge in [-0.25, -0.2) is 0 Å². The summed E-state index contributed by atoms with van der Waals surface area (Å²) in [5.74, 6) is 0. The fourth-order valence-corrected chi connectivity index (χ4v) is 11.6. The van der Waals surface area contributed by atoms with Crippen molar-refractivity contribution in [1.82, 2.24) is 0 Å². The summed E-state index contributed by atoms with van der Waals surface area (Å²) in [5, 5.41) is 2.74. The van der Waals surface area contributed by atoms with Crippen LogP contribution in [0, 0.1) is 0 Å². The molecular weight excluding hydrogens is 723 g/mol. The maximum Gasteiger partial charge on any atom is 0.0543 e. The normalized spacial score (nSPS) is 15.8. The monoisotopic (exact) mass is 794 g/mol. The van der Waals surface area contributed by atoms with Crippen molar-refractivity contribution in [3.63, 3.8) is 0 Å². The molecule has 1 atom stereocenters. The highest BCUT2D eigenvalue weighted by atomic mass is 15.1. The van der Waals surface area contributed by atoms with Crippen LogP contribution >= 0.6 is 0 Å². The molecule has 0 saturated heterocycles. The van der Waals surface area contributed by atoms with Crippen molar-refractivity contribution in [2.45, 2.75) is 161 Å². The first-order valence-corrected chi connectivity index (χ1v) is 24.4. The number of para-hydroxylation sites is 2. The molecule has 0 aliphatic heterocycles. The standard InChI is InChI=1S/C59H71N/c1-5-9-13-27-39-58(38-26-12-8-4)52-37-25-24-34-47(52)50-42-54-51(43-53(50)58)57-49-36-23-22-35-48(49)56(60(45-30-18-16-19-31-45)46-32-20-17-21-33-46)44-55(57)59(54,40-28-14-10-6-2)41-29-15-11-7-3/h16-25,30-37,42-44H,5-15,26-29,38-41H2,1-4H3. The molecular formula is C59H71N. The van der Waals surface area contributed by atoms with E-state index in [1.54, 1.807) is 22.3 Å². The third-order valence-electron chi connectivity index (χ3n) is 14.6. The van der Waals surface area contributed by atoms with Gasteiger partial charge in [0.2, 0.25) is 0 Å². The molecule has 0 N–H and O–H groups in total.